The molecule has 1 amide bonds. The molecule has 0 unspecified atom stereocenters. The second-order valence-electron chi connectivity index (χ2n) is 5.13. The number of hydrogen-bond acceptors (Lipinski definition) is 2. The number of aliphatic hydroxyl groups is 1. The molecule has 1 aromatic carbocycles. The third-order valence-corrected chi connectivity index (χ3v) is 3.87. The van der Waals surface area contributed by atoms with Gasteiger partial charge in [-0.3, -0.25) is 4.79 Å². The smallest absolute Gasteiger partial charge is 0.251 e. The summed E-state index contributed by atoms with van der Waals surface area (Å²) in [5, 5.41) is 13.0. The van der Waals surface area contributed by atoms with Crippen molar-refractivity contribution in [1.82, 2.24) is 5.32 Å². The van der Waals surface area contributed by atoms with E-state index in [1.54, 1.807) is 6.07 Å². The molecule has 3 nitrogen and oxygen atoms in total. The first-order valence-corrected chi connectivity index (χ1v) is 7.06. The van der Waals surface area contributed by atoms with Gasteiger partial charge in [-0.15, -0.1) is 0 Å². The molecule has 1 aromatic rings. The van der Waals surface area contributed by atoms with Crippen LogP contribution in [0.2, 0.25) is 0 Å². The van der Waals surface area contributed by atoms with Gasteiger partial charge in [0.1, 0.15) is 0 Å². The van der Waals surface area contributed by atoms with Gasteiger partial charge >= 0.3 is 0 Å². The Labute approximate surface area is 116 Å². The SMILES string of the molecule is Cc1cc(Br)cc(C(=O)NCC2(O)CCCC2)c1. The van der Waals surface area contributed by atoms with Crippen molar-refractivity contribution in [3.63, 3.8) is 0 Å². The van der Waals surface area contributed by atoms with Crippen molar-refractivity contribution in [3.8, 4) is 0 Å². The lowest BCUT2D eigenvalue weighted by molar-refractivity contribution is 0.0449. The van der Waals surface area contributed by atoms with Crippen molar-refractivity contribution in [2.45, 2.75) is 38.2 Å². The molecule has 0 bridgehead atoms. The highest BCUT2D eigenvalue weighted by Gasteiger charge is 2.31. The first-order chi connectivity index (χ1) is 8.48. The van der Waals surface area contributed by atoms with Gasteiger partial charge in [-0.05, 0) is 43.5 Å². The molecular formula is C14H18BrNO2. The Morgan fingerprint density at radius 1 is 1.39 bits per heavy atom. The van der Waals surface area contributed by atoms with Crippen molar-refractivity contribution in [1.29, 1.82) is 0 Å². The number of amides is 1. The summed E-state index contributed by atoms with van der Waals surface area (Å²) in [5.74, 6) is -0.125. The number of rotatable bonds is 3. The molecule has 98 valence electrons. The van der Waals surface area contributed by atoms with Crippen molar-refractivity contribution < 1.29 is 9.90 Å². The van der Waals surface area contributed by atoms with Crippen LogP contribution >= 0.6 is 15.9 Å². The maximum absolute atomic E-state index is 12.0. The molecule has 2 N–H and O–H groups in total. The molecule has 0 spiro atoms. The molecule has 0 saturated heterocycles. The van der Waals surface area contributed by atoms with Crippen molar-refractivity contribution in [2.75, 3.05) is 6.54 Å². The van der Waals surface area contributed by atoms with E-state index >= 15 is 0 Å². The van der Waals surface area contributed by atoms with Crippen LogP contribution in [0.5, 0.6) is 0 Å². The van der Waals surface area contributed by atoms with E-state index in [0.717, 1.165) is 35.7 Å². The lowest BCUT2D eigenvalue weighted by Crippen LogP contribution is -2.40. The summed E-state index contributed by atoms with van der Waals surface area (Å²) in [6, 6.07) is 5.60. The number of halogens is 1. The summed E-state index contributed by atoms with van der Waals surface area (Å²) in [6.07, 6.45) is 3.65. The lowest BCUT2D eigenvalue weighted by Gasteiger charge is -2.22. The minimum Gasteiger partial charge on any atom is -0.388 e. The van der Waals surface area contributed by atoms with Gasteiger partial charge in [0.05, 0.1) is 5.60 Å². The number of carbonyl (C=O) groups excluding carboxylic acids is 1. The summed E-state index contributed by atoms with van der Waals surface area (Å²) in [5.41, 5.74) is 0.967. The number of nitrogens with one attached hydrogen (secondary N) is 1. The van der Waals surface area contributed by atoms with E-state index < -0.39 is 5.60 Å². The standard InChI is InChI=1S/C14H18BrNO2/c1-10-6-11(8-12(15)7-10)13(17)16-9-14(18)4-2-3-5-14/h6-8,18H,2-5,9H2,1H3,(H,16,17). The predicted molar refractivity (Wildman–Crippen MR) is 74.6 cm³/mol. The first kappa shape index (κ1) is 13.6. The quantitative estimate of drug-likeness (QED) is 0.902. The Kier molecular flexibility index (Phi) is 4.07. The molecule has 4 heteroatoms. The average Bonchev–Trinajstić information content (AvgIpc) is 2.72. The van der Waals surface area contributed by atoms with Crippen molar-refractivity contribution in [2.24, 2.45) is 0 Å². The number of hydrogen-bond donors (Lipinski definition) is 2. The zero-order valence-corrected chi connectivity index (χ0v) is 12.1. The minimum atomic E-state index is -0.698. The fraction of sp³-hybridized carbons (Fsp3) is 0.500. The average molecular weight is 312 g/mol. The summed E-state index contributed by atoms with van der Waals surface area (Å²) < 4.78 is 0.896. The minimum absolute atomic E-state index is 0.125. The van der Waals surface area contributed by atoms with Crippen LogP contribution in [0.15, 0.2) is 22.7 Å². The van der Waals surface area contributed by atoms with Gasteiger partial charge in [0.25, 0.3) is 5.91 Å². The van der Waals surface area contributed by atoms with Gasteiger partial charge in [0.15, 0.2) is 0 Å². The van der Waals surface area contributed by atoms with Crippen LogP contribution < -0.4 is 5.32 Å². The highest BCUT2D eigenvalue weighted by molar-refractivity contribution is 9.10. The zero-order valence-electron chi connectivity index (χ0n) is 10.5. The molecule has 1 fully saturated rings. The van der Waals surface area contributed by atoms with Gasteiger partial charge < -0.3 is 10.4 Å². The van der Waals surface area contributed by atoms with Gasteiger partial charge in [0.2, 0.25) is 0 Å². The van der Waals surface area contributed by atoms with E-state index in [1.807, 2.05) is 19.1 Å². The second kappa shape index (κ2) is 5.41. The Morgan fingerprint density at radius 2 is 2.06 bits per heavy atom. The third-order valence-electron chi connectivity index (χ3n) is 3.42. The number of benzene rings is 1. The van der Waals surface area contributed by atoms with Gasteiger partial charge in [-0.2, -0.15) is 0 Å². The van der Waals surface area contributed by atoms with Gasteiger partial charge in [-0.25, -0.2) is 0 Å². The molecule has 2 rings (SSSR count). The molecular weight excluding hydrogens is 294 g/mol. The van der Waals surface area contributed by atoms with Gasteiger partial charge in [0, 0.05) is 16.6 Å². The maximum Gasteiger partial charge on any atom is 0.251 e. The van der Waals surface area contributed by atoms with E-state index in [1.165, 1.54) is 0 Å². The lowest BCUT2D eigenvalue weighted by atomic mass is 10.0. The molecule has 1 aliphatic carbocycles. The maximum atomic E-state index is 12.0. The fourth-order valence-electron chi connectivity index (χ4n) is 2.42. The van der Waals surface area contributed by atoms with Crippen LogP contribution in [-0.2, 0) is 0 Å². The summed E-state index contributed by atoms with van der Waals surface area (Å²) in [4.78, 5) is 12.0. The van der Waals surface area contributed by atoms with E-state index in [2.05, 4.69) is 21.2 Å². The topological polar surface area (TPSA) is 49.3 Å². The van der Waals surface area contributed by atoms with E-state index in [4.69, 9.17) is 0 Å². The summed E-state index contributed by atoms with van der Waals surface area (Å²) in [6.45, 7) is 2.30. The Balaban J connectivity index is 1.99. The summed E-state index contributed by atoms with van der Waals surface area (Å²) >= 11 is 3.38. The normalized spacial score (nSPS) is 17.7. The molecule has 1 saturated carbocycles. The van der Waals surface area contributed by atoms with Crippen LogP contribution in [-0.4, -0.2) is 23.2 Å². The van der Waals surface area contributed by atoms with Crippen molar-refractivity contribution >= 4 is 21.8 Å². The Bertz CT molecular complexity index is 433. The Morgan fingerprint density at radius 3 is 2.67 bits per heavy atom. The molecule has 0 aromatic heterocycles. The zero-order chi connectivity index (χ0) is 13.2. The third kappa shape index (κ3) is 3.33. The molecule has 0 atom stereocenters. The highest BCUT2D eigenvalue weighted by Crippen LogP contribution is 2.28. The number of aryl methyl sites for hydroxylation is 1. The molecule has 0 radical (unpaired) electrons. The second-order valence-corrected chi connectivity index (χ2v) is 6.05. The Hall–Kier alpha value is -0.870. The largest absolute Gasteiger partial charge is 0.388 e. The monoisotopic (exact) mass is 311 g/mol. The summed E-state index contributed by atoms with van der Waals surface area (Å²) in [7, 11) is 0. The van der Waals surface area contributed by atoms with Crippen LogP contribution in [0.4, 0.5) is 0 Å². The van der Waals surface area contributed by atoms with E-state index in [9.17, 15) is 9.90 Å². The van der Waals surface area contributed by atoms with Crippen LogP contribution in [0.3, 0.4) is 0 Å². The highest BCUT2D eigenvalue weighted by atomic mass is 79.9. The van der Waals surface area contributed by atoms with Crippen LogP contribution in [0.25, 0.3) is 0 Å². The van der Waals surface area contributed by atoms with E-state index in [0.29, 0.717) is 12.1 Å². The van der Waals surface area contributed by atoms with Crippen molar-refractivity contribution in [3.05, 3.63) is 33.8 Å². The van der Waals surface area contributed by atoms with Crippen LogP contribution in [0.1, 0.15) is 41.6 Å². The fourth-order valence-corrected chi connectivity index (χ4v) is 3.03. The van der Waals surface area contributed by atoms with Gasteiger partial charge in [-0.1, -0.05) is 28.8 Å². The van der Waals surface area contributed by atoms with E-state index in [-0.39, 0.29) is 5.91 Å². The van der Waals surface area contributed by atoms with Crippen LogP contribution in [0, 0.1) is 6.92 Å². The molecule has 0 aliphatic heterocycles. The predicted octanol–water partition coefficient (Wildman–Crippen LogP) is 2.79. The first-order valence-electron chi connectivity index (χ1n) is 6.26. The molecule has 0 heterocycles. The molecule has 1 aliphatic rings. The number of carbonyl (C=O) groups is 1. The molecule has 18 heavy (non-hydrogen) atoms.